The Kier molecular flexibility index (Phi) is 3.61. The molecule has 0 aromatic heterocycles. The molecule has 0 fully saturated rings. The maximum atomic E-state index is 11.5. The first kappa shape index (κ1) is 11.4. The van der Waals surface area contributed by atoms with Crippen LogP contribution in [0.2, 0.25) is 0 Å². The van der Waals surface area contributed by atoms with Crippen LogP contribution in [0.25, 0.3) is 0 Å². The summed E-state index contributed by atoms with van der Waals surface area (Å²) in [5.74, 6) is -1.37. The molecule has 0 radical (unpaired) electrons. The lowest BCUT2D eigenvalue weighted by Gasteiger charge is -2.03. The van der Waals surface area contributed by atoms with Crippen molar-refractivity contribution in [3.63, 3.8) is 0 Å². The number of aryl methyl sites for hydroxylation is 2. The molecule has 1 aromatic carbocycles. The largest absolute Gasteiger partial charge is 0.460 e. The van der Waals surface area contributed by atoms with Gasteiger partial charge >= 0.3 is 5.97 Å². The third-order valence-corrected chi connectivity index (χ3v) is 2.23. The lowest BCUT2D eigenvalue weighted by atomic mass is 10.0. The molecule has 80 valence electrons. The van der Waals surface area contributed by atoms with Gasteiger partial charge in [0.2, 0.25) is 0 Å². The van der Waals surface area contributed by atoms with E-state index in [0.717, 1.165) is 11.1 Å². The lowest BCUT2D eigenvalue weighted by Crippen LogP contribution is -2.17. The third kappa shape index (κ3) is 2.65. The van der Waals surface area contributed by atoms with E-state index >= 15 is 0 Å². The minimum absolute atomic E-state index is 0.218. The van der Waals surface area contributed by atoms with Gasteiger partial charge in [0.05, 0.1) is 6.61 Å². The molecule has 1 aromatic rings. The van der Waals surface area contributed by atoms with E-state index in [0.29, 0.717) is 5.56 Å². The van der Waals surface area contributed by atoms with E-state index in [4.69, 9.17) is 0 Å². The summed E-state index contributed by atoms with van der Waals surface area (Å²) >= 11 is 0. The van der Waals surface area contributed by atoms with Gasteiger partial charge in [-0.1, -0.05) is 12.1 Å². The Bertz CT molecular complexity index is 394. The predicted molar refractivity (Wildman–Crippen MR) is 56.9 cm³/mol. The second-order valence-electron chi connectivity index (χ2n) is 3.35. The van der Waals surface area contributed by atoms with Gasteiger partial charge in [0.25, 0.3) is 5.78 Å². The van der Waals surface area contributed by atoms with Crippen molar-refractivity contribution < 1.29 is 14.3 Å². The van der Waals surface area contributed by atoms with Crippen molar-refractivity contribution in [3.8, 4) is 0 Å². The number of rotatable bonds is 3. The highest BCUT2D eigenvalue weighted by Crippen LogP contribution is 2.10. The lowest BCUT2D eigenvalue weighted by molar-refractivity contribution is -0.137. The van der Waals surface area contributed by atoms with Crippen LogP contribution in [-0.4, -0.2) is 18.4 Å². The first-order valence-corrected chi connectivity index (χ1v) is 4.85. The normalized spacial score (nSPS) is 9.80. The van der Waals surface area contributed by atoms with Gasteiger partial charge in [-0.15, -0.1) is 0 Å². The fraction of sp³-hybridized carbons (Fsp3) is 0.333. The van der Waals surface area contributed by atoms with E-state index in [2.05, 4.69) is 4.74 Å². The van der Waals surface area contributed by atoms with Crippen molar-refractivity contribution in [2.45, 2.75) is 20.8 Å². The summed E-state index contributed by atoms with van der Waals surface area (Å²) in [7, 11) is 0. The minimum Gasteiger partial charge on any atom is -0.460 e. The molecule has 0 N–H and O–H groups in total. The van der Waals surface area contributed by atoms with Gasteiger partial charge in [0.15, 0.2) is 0 Å². The summed E-state index contributed by atoms with van der Waals surface area (Å²) in [6, 6.07) is 5.16. The van der Waals surface area contributed by atoms with E-state index in [1.165, 1.54) is 0 Å². The third-order valence-electron chi connectivity index (χ3n) is 2.23. The van der Waals surface area contributed by atoms with Crippen molar-refractivity contribution in [1.29, 1.82) is 0 Å². The molecule has 0 heterocycles. The van der Waals surface area contributed by atoms with Gasteiger partial charge in [0.1, 0.15) is 0 Å². The Morgan fingerprint density at radius 2 is 1.87 bits per heavy atom. The molecule has 0 aliphatic rings. The van der Waals surface area contributed by atoms with E-state index in [1.807, 2.05) is 19.9 Å². The van der Waals surface area contributed by atoms with Crippen LogP contribution in [0.4, 0.5) is 0 Å². The SMILES string of the molecule is CCOC(=O)C(=O)c1ccc(C)c(C)c1. The van der Waals surface area contributed by atoms with Gasteiger partial charge in [0, 0.05) is 5.56 Å². The number of ether oxygens (including phenoxy) is 1. The maximum absolute atomic E-state index is 11.5. The Morgan fingerprint density at radius 3 is 2.40 bits per heavy atom. The zero-order valence-electron chi connectivity index (χ0n) is 9.16. The first-order chi connectivity index (χ1) is 7.06. The number of benzene rings is 1. The van der Waals surface area contributed by atoms with E-state index in [9.17, 15) is 9.59 Å². The Balaban J connectivity index is 2.92. The van der Waals surface area contributed by atoms with Crippen LogP contribution in [0.3, 0.4) is 0 Å². The van der Waals surface area contributed by atoms with Crippen LogP contribution in [0.5, 0.6) is 0 Å². The van der Waals surface area contributed by atoms with Crippen LogP contribution >= 0.6 is 0 Å². The average Bonchev–Trinajstić information content (AvgIpc) is 2.21. The van der Waals surface area contributed by atoms with E-state index < -0.39 is 11.8 Å². The topological polar surface area (TPSA) is 43.4 Å². The Morgan fingerprint density at radius 1 is 1.20 bits per heavy atom. The number of hydrogen-bond donors (Lipinski definition) is 0. The van der Waals surface area contributed by atoms with Crippen LogP contribution in [0, 0.1) is 13.8 Å². The summed E-state index contributed by atoms with van der Waals surface area (Å²) in [6.07, 6.45) is 0. The first-order valence-electron chi connectivity index (χ1n) is 4.85. The van der Waals surface area contributed by atoms with Gasteiger partial charge in [-0.25, -0.2) is 4.79 Å². The quantitative estimate of drug-likeness (QED) is 0.432. The van der Waals surface area contributed by atoms with Gasteiger partial charge in [-0.05, 0) is 38.0 Å². The molecule has 0 saturated heterocycles. The molecule has 3 heteroatoms. The maximum Gasteiger partial charge on any atom is 0.379 e. The zero-order valence-corrected chi connectivity index (χ0v) is 9.16. The van der Waals surface area contributed by atoms with Gasteiger partial charge < -0.3 is 4.74 Å². The smallest absolute Gasteiger partial charge is 0.379 e. The van der Waals surface area contributed by atoms with Crippen molar-refractivity contribution in [3.05, 3.63) is 34.9 Å². The molecule has 0 unspecified atom stereocenters. The average molecular weight is 206 g/mol. The summed E-state index contributed by atoms with van der Waals surface area (Å²) < 4.78 is 4.64. The summed E-state index contributed by atoms with van der Waals surface area (Å²) in [4.78, 5) is 22.7. The van der Waals surface area contributed by atoms with Gasteiger partial charge in [-0.2, -0.15) is 0 Å². The van der Waals surface area contributed by atoms with Gasteiger partial charge in [-0.3, -0.25) is 4.79 Å². The highest BCUT2D eigenvalue weighted by molar-refractivity contribution is 6.40. The number of Topliss-reactive ketones (excluding diaryl/α,β-unsaturated/α-hetero) is 1. The molecular formula is C12H14O3. The van der Waals surface area contributed by atoms with Crippen molar-refractivity contribution in [1.82, 2.24) is 0 Å². The van der Waals surface area contributed by atoms with E-state index in [1.54, 1.807) is 19.1 Å². The predicted octanol–water partition coefficient (Wildman–Crippen LogP) is 2.05. The number of carbonyl (C=O) groups is 2. The van der Waals surface area contributed by atoms with E-state index in [-0.39, 0.29) is 6.61 Å². The highest BCUT2D eigenvalue weighted by Gasteiger charge is 2.17. The molecule has 3 nitrogen and oxygen atoms in total. The summed E-state index contributed by atoms with van der Waals surface area (Å²) in [5.41, 5.74) is 2.47. The molecule has 0 aliphatic carbocycles. The number of hydrogen-bond acceptors (Lipinski definition) is 3. The standard InChI is InChI=1S/C12H14O3/c1-4-15-12(14)11(13)10-6-5-8(2)9(3)7-10/h5-7H,4H2,1-3H3. The highest BCUT2D eigenvalue weighted by atomic mass is 16.5. The molecule has 0 bridgehead atoms. The summed E-state index contributed by atoms with van der Waals surface area (Å²) in [5, 5.41) is 0. The Labute approximate surface area is 89.1 Å². The van der Waals surface area contributed by atoms with Crippen molar-refractivity contribution >= 4 is 11.8 Å². The van der Waals surface area contributed by atoms with Crippen LogP contribution in [0.1, 0.15) is 28.4 Å². The van der Waals surface area contributed by atoms with Crippen LogP contribution < -0.4 is 0 Å². The van der Waals surface area contributed by atoms with Crippen molar-refractivity contribution in [2.75, 3.05) is 6.61 Å². The molecule has 15 heavy (non-hydrogen) atoms. The zero-order chi connectivity index (χ0) is 11.4. The molecule has 0 atom stereocenters. The Hall–Kier alpha value is -1.64. The van der Waals surface area contributed by atoms with Crippen LogP contribution in [0.15, 0.2) is 18.2 Å². The second-order valence-corrected chi connectivity index (χ2v) is 3.35. The van der Waals surface area contributed by atoms with Crippen LogP contribution in [-0.2, 0) is 9.53 Å². The monoisotopic (exact) mass is 206 g/mol. The molecule has 0 amide bonds. The molecule has 0 spiro atoms. The minimum atomic E-state index is -0.791. The van der Waals surface area contributed by atoms with Crippen molar-refractivity contribution in [2.24, 2.45) is 0 Å². The summed E-state index contributed by atoms with van der Waals surface area (Å²) in [6.45, 7) is 5.74. The second kappa shape index (κ2) is 4.73. The fourth-order valence-electron chi connectivity index (χ4n) is 1.20. The molecule has 0 saturated carbocycles. The molecule has 0 aliphatic heterocycles. The molecule has 1 rings (SSSR count). The number of ketones is 1. The number of esters is 1. The molecular weight excluding hydrogens is 192 g/mol. The number of carbonyl (C=O) groups excluding carboxylic acids is 2. The fourth-order valence-corrected chi connectivity index (χ4v) is 1.20.